The first-order chi connectivity index (χ1) is 8.65. The number of aryl methyl sites for hydroxylation is 1. The Balaban J connectivity index is 2.77. The molecule has 0 radical (unpaired) electrons. The summed E-state index contributed by atoms with van der Waals surface area (Å²) in [6.07, 6.45) is 3.12. The van der Waals surface area contributed by atoms with Gasteiger partial charge in [0.1, 0.15) is 4.90 Å². The molecule has 0 spiro atoms. The number of hydrogen-bond acceptors (Lipinski definition) is 4. The summed E-state index contributed by atoms with van der Waals surface area (Å²) < 4.78 is 28.4. The van der Waals surface area contributed by atoms with Crippen LogP contribution in [0.3, 0.4) is 0 Å². The van der Waals surface area contributed by atoms with E-state index < -0.39 is 10.0 Å². The molecule has 0 fully saturated rings. The molecule has 1 rings (SSSR count). The third kappa shape index (κ3) is 4.83. The Bertz CT molecular complexity index is 514. The van der Waals surface area contributed by atoms with Gasteiger partial charge >= 0.3 is 0 Å². The summed E-state index contributed by atoms with van der Waals surface area (Å²) in [5.41, 5.74) is 5.75. The fraction of sp³-hybridized carbons (Fsp3) is 0.750. The van der Waals surface area contributed by atoms with Crippen molar-refractivity contribution in [3.63, 3.8) is 0 Å². The van der Waals surface area contributed by atoms with E-state index in [-0.39, 0.29) is 16.1 Å². The molecule has 0 saturated heterocycles. The quantitative estimate of drug-likeness (QED) is 0.831. The standard InChI is InChI=1S/C12H24N4O2S/c1-5-8-16-9-10(11(13)15-16)19(17,18)14-7-6-12(2,3)4/h9,14H,5-8H2,1-4H3,(H2,13,15). The molecule has 3 N–H and O–H groups in total. The van der Waals surface area contributed by atoms with Gasteiger partial charge < -0.3 is 5.73 Å². The van der Waals surface area contributed by atoms with Crippen LogP contribution in [0.5, 0.6) is 0 Å². The molecule has 7 heteroatoms. The number of aromatic nitrogens is 2. The van der Waals surface area contributed by atoms with Crippen molar-refractivity contribution in [3.05, 3.63) is 6.20 Å². The van der Waals surface area contributed by atoms with Crippen molar-refractivity contribution in [1.29, 1.82) is 0 Å². The van der Waals surface area contributed by atoms with Crippen LogP contribution in [-0.4, -0.2) is 24.7 Å². The Labute approximate surface area is 115 Å². The first-order valence-corrected chi connectivity index (χ1v) is 7.96. The van der Waals surface area contributed by atoms with Crippen LogP contribution in [0.15, 0.2) is 11.1 Å². The second-order valence-electron chi connectivity index (χ2n) is 5.85. The topological polar surface area (TPSA) is 90.0 Å². The first-order valence-electron chi connectivity index (χ1n) is 6.48. The Morgan fingerprint density at radius 3 is 2.58 bits per heavy atom. The van der Waals surface area contributed by atoms with Crippen molar-refractivity contribution in [1.82, 2.24) is 14.5 Å². The van der Waals surface area contributed by atoms with E-state index >= 15 is 0 Å². The van der Waals surface area contributed by atoms with Crippen LogP contribution >= 0.6 is 0 Å². The number of anilines is 1. The molecular formula is C12H24N4O2S. The lowest BCUT2D eigenvalue weighted by Crippen LogP contribution is -2.27. The molecule has 0 atom stereocenters. The maximum absolute atomic E-state index is 12.1. The van der Waals surface area contributed by atoms with E-state index in [1.807, 2.05) is 6.92 Å². The summed E-state index contributed by atoms with van der Waals surface area (Å²) in [4.78, 5) is 0.0647. The molecule has 0 aliphatic carbocycles. The van der Waals surface area contributed by atoms with Gasteiger partial charge in [-0.3, -0.25) is 4.68 Å². The van der Waals surface area contributed by atoms with E-state index in [4.69, 9.17) is 5.73 Å². The third-order valence-electron chi connectivity index (χ3n) is 2.66. The number of nitrogens with zero attached hydrogens (tertiary/aromatic N) is 2. The van der Waals surface area contributed by atoms with Gasteiger partial charge in [0.2, 0.25) is 10.0 Å². The lowest BCUT2D eigenvalue weighted by molar-refractivity contribution is 0.378. The minimum Gasteiger partial charge on any atom is -0.381 e. The molecule has 0 aliphatic heterocycles. The van der Waals surface area contributed by atoms with Gasteiger partial charge in [-0.2, -0.15) is 5.10 Å². The number of nitrogens with one attached hydrogen (secondary N) is 1. The van der Waals surface area contributed by atoms with Crippen LogP contribution in [0.4, 0.5) is 5.82 Å². The zero-order valence-electron chi connectivity index (χ0n) is 12.1. The molecule has 0 saturated carbocycles. The van der Waals surface area contributed by atoms with Crippen LogP contribution in [0.2, 0.25) is 0 Å². The van der Waals surface area contributed by atoms with E-state index in [2.05, 4.69) is 30.6 Å². The predicted octanol–water partition coefficient (Wildman–Crippen LogP) is 1.59. The predicted molar refractivity (Wildman–Crippen MR) is 76.2 cm³/mol. The van der Waals surface area contributed by atoms with Crippen molar-refractivity contribution in [2.75, 3.05) is 12.3 Å². The number of nitrogens with two attached hydrogens (primary N) is 1. The summed E-state index contributed by atoms with van der Waals surface area (Å²) in [6, 6.07) is 0. The van der Waals surface area contributed by atoms with Crippen LogP contribution in [-0.2, 0) is 16.6 Å². The van der Waals surface area contributed by atoms with Gasteiger partial charge in [0.05, 0.1) is 0 Å². The summed E-state index contributed by atoms with van der Waals surface area (Å²) in [5, 5.41) is 4.00. The Morgan fingerprint density at radius 1 is 1.42 bits per heavy atom. The summed E-state index contributed by atoms with van der Waals surface area (Å²) in [7, 11) is -3.57. The second-order valence-corrected chi connectivity index (χ2v) is 7.59. The Morgan fingerprint density at radius 2 is 2.05 bits per heavy atom. The van der Waals surface area contributed by atoms with Gasteiger partial charge in [0.25, 0.3) is 0 Å². The van der Waals surface area contributed by atoms with E-state index in [1.54, 1.807) is 4.68 Å². The van der Waals surface area contributed by atoms with Gasteiger partial charge in [-0.25, -0.2) is 13.1 Å². The molecule has 1 aromatic rings. The van der Waals surface area contributed by atoms with E-state index in [9.17, 15) is 8.42 Å². The molecule has 0 bridgehead atoms. The normalized spacial score (nSPS) is 12.8. The molecule has 19 heavy (non-hydrogen) atoms. The van der Waals surface area contributed by atoms with Crippen LogP contribution < -0.4 is 10.5 Å². The smallest absolute Gasteiger partial charge is 0.245 e. The van der Waals surface area contributed by atoms with E-state index in [0.29, 0.717) is 13.1 Å². The number of sulfonamides is 1. The zero-order chi connectivity index (χ0) is 14.7. The van der Waals surface area contributed by atoms with Crippen LogP contribution in [0.1, 0.15) is 40.5 Å². The zero-order valence-corrected chi connectivity index (χ0v) is 12.9. The maximum atomic E-state index is 12.1. The van der Waals surface area contributed by atoms with Crippen molar-refractivity contribution in [2.45, 2.75) is 52.0 Å². The lowest BCUT2D eigenvalue weighted by Gasteiger charge is -2.17. The van der Waals surface area contributed by atoms with Crippen LogP contribution in [0.25, 0.3) is 0 Å². The SMILES string of the molecule is CCCn1cc(S(=O)(=O)NCCC(C)(C)C)c(N)n1. The summed E-state index contributed by atoms with van der Waals surface area (Å²) >= 11 is 0. The number of rotatable bonds is 6. The fourth-order valence-electron chi connectivity index (χ4n) is 1.61. The largest absolute Gasteiger partial charge is 0.381 e. The molecule has 1 heterocycles. The molecule has 0 aliphatic rings. The van der Waals surface area contributed by atoms with Crippen molar-refractivity contribution >= 4 is 15.8 Å². The highest BCUT2D eigenvalue weighted by Crippen LogP contribution is 2.19. The molecular weight excluding hydrogens is 264 g/mol. The summed E-state index contributed by atoms with van der Waals surface area (Å²) in [6.45, 7) is 9.23. The Hall–Kier alpha value is -1.08. The van der Waals surface area contributed by atoms with E-state index in [0.717, 1.165) is 12.8 Å². The second kappa shape index (κ2) is 5.92. The molecule has 1 aromatic heterocycles. The van der Waals surface area contributed by atoms with Crippen molar-refractivity contribution in [3.8, 4) is 0 Å². The third-order valence-corrected chi connectivity index (χ3v) is 4.14. The average Bonchev–Trinajstić information content (AvgIpc) is 2.58. The van der Waals surface area contributed by atoms with Gasteiger partial charge in [-0.1, -0.05) is 27.7 Å². The minimum atomic E-state index is -3.57. The maximum Gasteiger partial charge on any atom is 0.245 e. The van der Waals surface area contributed by atoms with Crippen LogP contribution in [0, 0.1) is 5.41 Å². The van der Waals surface area contributed by atoms with Gasteiger partial charge in [0, 0.05) is 19.3 Å². The van der Waals surface area contributed by atoms with Gasteiger partial charge in [-0.15, -0.1) is 0 Å². The van der Waals surface area contributed by atoms with Crippen molar-refractivity contribution in [2.24, 2.45) is 5.41 Å². The lowest BCUT2D eigenvalue weighted by atomic mass is 9.93. The number of hydrogen-bond donors (Lipinski definition) is 2. The highest BCUT2D eigenvalue weighted by molar-refractivity contribution is 7.89. The minimum absolute atomic E-state index is 0.0525. The summed E-state index contributed by atoms with van der Waals surface area (Å²) in [5.74, 6) is 0.0525. The molecule has 0 aromatic carbocycles. The Kier molecular flexibility index (Phi) is 4.98. The first kappa shape index (κ1) is 16.0. The molecule has 0 unspecified atom stereocenters. The average molecular weight is 288 g/mol. The molecule has 0 amide bonds. The van der Waals surface area contributed by atoms with Gasteiger partial charge in [-0.05, 0) is 18.3 Å². The molecule has 6 nitrogen and oxygen atoms in total. The fourth-order valence-corrected chi connectivity index (χ4v) is 2.71. The highest BCUT2D eigenvalue weighted by atomic mass is 32.2. The van der Waals surface area contributed by atoms with Crippen molar-refractivity contribution < 1.29 is 8.42 Å². The molecule has 110 valence electrons. The van der Waals surface area contributed by atoms with Gasteiger partial charge in [0.15, 0.2) is 5.82 Å². The highest BCUT2D eigenvalue weighted by Gasteiger charge is 2.21. The number of nitrogen functional groups attached to an aromatic ring is 1. The van der Waals surface area contributed by atoms with E-state index in [1.165, 1.54) is 6.20 Å². The monoisotopic (exact) mass is 288 g/mol.